The standard InChI is InChI=1S/C20H25N5O3/c1-2-12-23-18(27)15-10-6-7-11-16(15)25-19(23)22-24(20(25)28)13-17(26)21-14-8-4-3-5-9-14/h6-7,10-11,14H,2-5,8-9,12-13H2,1H3,(H,21,26). The summed E-state index contributed by atoms with van der Waals surface area (Å²) < 4.78 is 4.10. The molecule has 1 saturated carbocycles. The number of rotatable bonds is 5. The molecule has 0 radical (unpaired) electrons. The normalized spacial score (nSPS) is 15.3. The number of carbonyl (C=O) groups is 1. The molecule has 2 heterocycles. The Labute approximate surface area is 161 Å². The molecule has 0 spiro atoms. The van der Waals surface area contributed by atoms with Crippen molar-refractivity contribution in [2.75, 3.05) is 0 Å². The minimum absolute atomic E-state index is 0.147. The molecule has 2 aromatic heterocycles. The highest BCUT2D eigenvalue weighted by Crippen LogP contribution is 2.17. The fourth-order valence-corrected chi connectivity index (χ4v) is 4.05. The molecule has 8 heteroatoms. The first-order valence-electron chi connectivity index (χ1n) is 10.0. The van der Waals surface area contributed by atoms with Crippen LogP contribution in [-0.2, 0) is 17.9 Å². The van der Waals surface area contributed by atoms with E-state index in [-0.39, 0.29) is 29.8 Å². The van der Waals surface area contributed by atoms with E-state index >= 15 is 0 Å². The van der Waals surface area contributed by atoms with Crippen LogP contribution in [0.15, 0.2) is 33.9 Å². The Kier molecular flexibility index (Phi) is 5.02. The van der Waals surface area contributed by atoms with E-state index in [0.29, 0.717) is 17.4 Å². The number of amides is 1. The first-order valence-corrected chi connectivity index (χ1v) is 10.0. The third kappa shape index (κ3) is 3.23. The molecular weight excluding hydrogens is 358 g/mol. The van der Waals surface area contributed by atoms with Crippen LogP contribution < -0.4 is 16.6 Å². The van der Waals surface area contributed by atoms with Gasteiger partial charge >= 0.3 is 5.69 Å². The van der Waals surface area contributed by atoms with Gasteiger partial charge in [0.2, 0.25) is 11.7 Å². The maximum Gasteiger partial charge on any atom is 0.352 e. The quantitative estimate of drug-likeness (QED) is 0.726. The minimum Gasteiger partial charge on any atom is -0.352 e. The Morgan fingerprint density at radius 2 is 1.93 bits per heavy atom. The highest BCUT2D eigenvalue weighted by atomic mass is 16.2. The van der Waals surface area contributed by atoms with E-state index in [0.717, 1.165) is 36.8 Å². The number of nitrogens with zero attached hydrogens (tertiary/aromatic N) is 4. The number of fused-ring (bicyclic) bond motifs is 3. The van der Waals surface area contributed by atoms with Gasteiger partial charge in [-0.1, -0.05) is 38.3 Å². The summed E-state index contributed by atoms with van der Waals surface area (Å²) in [4.78, 5) is 38.3. The van der Waals surface area contributed by atoms with Crippen molar-refractivity contribution in [3.63, 3.8) is 0 Å². The highest BCUT2D eigenvalue weighted by molar-refractivity contribution is 5.80. The summed E-state index contributed by atoms with van der Waals surface area (Å²) in [6.45, 7) is 2.27. The minimum atomic E-state index is -0.408. The molecule has 8 nitrogen and oxygen atoms in total. The second-order valence-electron chi connectivity index (χ2n) is 7.45. The second-order valence-corrected chi connectivity index (χ2v) is 7.45. The van der Waals surface area contributed by atoms with E-state index in [1.54, 1.807) is 24.3 Å². The Morgan fingerprint density at radius 1 is 1.18 bits per heavy atom. The number of para-hydroxylation sites is 1. The molecule has 1 amide bonds. The molecule has 0 aliphatic heterocycles. The number of carbonyl (C=O) groups excluding carboxylic acids is 1. The van der Waals surface area contributed by atoms with Gasteiger partial charge in [0.15, 0.2) is 0 Å². The zero-order valence-electron chi connectivity index (χ0n) is 16.1. The SMILES string of the molecule is CCCn1c(=O)c2ccccc2n2c(=O)n(CC(=O)NC3CCCCC3)nc12. The number of hydrogen-bond acceptors (Lipinski definition) is 4. The predicted molar refractivity (Wildman–Crippen MR) is 107 cm³/mol. The van der Waals surface area contributed by atoms with Crippen LogP contribution in [0, 0.1) is 0 Å². The van der Waals surface area contributed by atoms with Gasteiger partial charge < -0.3 is 5.32 Å². The summed E-state index contributed by atoms with van der Waals surface area (Å²) in [7, 11) is 0. The van der Waals surface area contributed by atoms with Gasteiger partial charge in [0.05, 0.1) is 10.9 Å². The van der Waals surface area contributed by atoms with E-state index in [1.165, 1.54) is 15.4 Å². The topological polar surface area (TPSA) is 90.4 Å². The van der Waals surface area contributed by atoms with Crippen molar-refractivity contribution >= 4 is 22.6 Å². The Balaban J connectivity index is 1.76. The van der Waals surface area contributed by atoms with Crippen LogP contribution in [0.25, 0.3) is 16.7 Å². The first kappa shape index (κ1) is 18.5. The Bertz CT molecular complexity index is 1130. The van der Waals surface area contributed by atoms with E-state index in [1.807, 2.05) is 6.92 Å². The summed E-state index contributed by atoms with van der Waals surface area (Å²) in [6, 6.07) is 7.18. The molecular formula is C20H25N5O3. The van der Waals surface area contributed by atoms with Gasteiger partial charge in [-0.25, -0.2) is 13.9 Å². The van der Waals surface area contributed by atoms with Crippen LogP contribution in [0.2, 0.25) is 0 Å². The van der Waals surface area contributed by atoms with Gasteiger partial charge in [-0.15, -0.1) is 5.10 Å². The number of benzene rings is 1. The van der Waals surface area contributed by atoms with Gasteiger partial charge in [0.25, 0.3) is 5.56 Å². The average molecular weight is 383 g/mol. The fourth-order valence-electron chi connectivity index (χ4n) is 4.05. The predicted octanol–water partition coefficient (Wildman–Crippen LogP) is 1.67. The first-order chi connectivity index (χ1) is 13.6. The summed E-state index contributed by atoms with van der Waals surface area (Å²) in [5.41, 5.74) is -0.0672. The number of aromatic nitrogens is 4. The average Bonchev–Trinajstić information content (AvgIpc) is 3.02. The number of aryl methyl sites for hydroxylation is 1. The zero-order chi connectivity index (χ0) is 19.7. The van der Waals surface area contributed by atoms with E-state index < -0.39 is 5.69 Å². The van der Waals surface area contributed by atoms with Gasteiger partial charge in [-0.3, -0.25) is 14.2 Å². The summed E-state index contributed by atoms with van der Waals surface area (Å²) in [5, 5.41) is 7.82. The van der Waals surface area contributed by atoms with E-state index in [9.17, 15) is 14.4 Å². The Morgan fingerprint density at radius 3 is 2.68 bits per heavy atom. The van der Waals surface area contributed by atoms with Crippen molar-refractivity contribution in [1.29, 1.82) is 0 Å². The van der Waals surface area contributed by atoms with E-state index in [4.69, 9.17) is 0 Å². The molecule has 0 unspecified atom stereocenters. The molecule has 148 valence electrons. The fraction of sp³-hybridized carbons (Fsp3) is 0.500. The third-order valence-electron chi connectivity index (χ3n) is 5.40. The molecule has 1 aliphatic rings. The van der Waals surface area contributed by atoms with Crippen LogP contribution in [0.1, 0.15) is 45.4 Å². The van der Waals surface area contributed by atoms with Crippen molar-refractivity contribution in [2.24, 2.45) is 0 Å². The molecule has 4 rings (SSSR count). The number of nitrogens with one attached hydrogen (secondary N) is 1. The van der Waals surface area contributed by atoms with Gasteiger partial charge in [0.1, 0.15) is 6.54 Å². The second kappa shape index (κ2) is 7.61. The van der Waals surface area contributed by atoms with Gasteiger partial charge in [-0.05, 0) is 31.4 Å². The van der Waals surface area contributed by atoms with Crippen LogP contribution in [0.3, 0.4) is 0 Å². The van der Waals surface area contributed by atoms with Gasteiger partial charge in [0, 0.05) is 12.6 Å². The smallest absolute Gasteiger partial charge is 0.352 e. The monoisotopic (exact) mass is 383 g/mol. The third-order valence-corrected chi connectivity index (χ3v) is 5.40. The van der Waals surface area contributed by atoms with Crippen LogP contribution >= 0.6 is 0 Å². The molecule has 0 atom stereocenters. The lowest BCUT2D eigenvalue weighted by Crippen LogP contribution is -2.40. The molecule has 3 aromatic rings. The van der Waals surface area contributed by atoms with Crippen LogP contribution in [0.5, 0.6) is 0 Å². The zero-order valence-corrected chi connectivity index (χ0v) is 16.1. The summed E-state index contributed by atoms with van der Waals surface area (Å²) in [5.74, 6) is 0.0621. The maximum atomic E-state index is 13.0. The van der Waals surface area contributed by atoms with Crippen molar-refractivity contribution in [3.05, 3.63) is 45.1 Å². The van der Waals surface area contributed by atoms with Crippen molar-refractivity contribution < 1.29 is 4.79 Å². The molecule has 28 heavy (non-hydrogen) atoms. The van der Waals surface area contributed by atoms with Crippen molar-refractivity contribution in [2.45, 2.75) is 64.6 Å². The highest BCUT2D eigenvalue weighted by Gasteiger charge is 2.20. The number of hydrogen-bond donors (Lipinski definition) is 1. The lowest BCUT2D eigenvalue weighted by Gasteiger charge is -2.22. The summed E-state index contributed by atoms with van der Waals surface area (Å²) >= 11 is 0. The molecule has 0 saturated heterocycles. The molecule has 0 bridgehead atoms. The molecule has 1 fully saturated rings. The van der Waals surface area contributed by atoms with Crippen molar-refractivity contribution in [1.82, 2.24) is 24.1 Å². The van der Waals surface area contributed by atoms with Crippen molar-refractivity contribution in [3.8, 4) is 0 Å². The van der Waals surface area contributed by atoms with Crippen LogP contribution in [0.4, 0.5) is 0 Å². The Hall–Kier alpha value is -2.90. The maximum absolute atomic E-state index is 13.0. The summed E-state index contributed by atoms with van der Waals surface area (Å²) in [6.07, 6.45) is 6.14. The molecule has 1 N–H and O–H groups in total. The van der Waals surface area contributed by atoms with Gasteiger partial charge in [-0.2, -0.15) is 0 Å². The van der Waals surface area contributed by atoms with E-state index in [2.05, 4.69) is 10.4 Å². The van der Waals surface area contributed by atoms with Crippen LogP contribution in [-0.4, -0.2) is 30.7 Å². The lowest BCUT2D eigenvalue weighted by molar-refractivity contribution is -0.122. The largest absolute Gasteiger partial charge is 0.352 e. The molecule has 1 aromatic carbocycles. The lowest BCUT2D eigenvalue weighted by atomic mass is 9.95. The molecule has 1 aliphatic carbocycles.